The van der Waals surface area contributed by atoms with Gasteiger partial charge in [-0.1, -0.05) is 154 Å². The molecule has 0 atom stereocenters. The first kappa shape index (κ1) is 46.5. The van der Waals surface area contributed by atoms with Crippen molar-refractivity contribution in [3.05, 3.63) is 24.3 Å². The molecule has 0 aliphatic carbocycles. The summed E-state index contributed by atoms with van der Waals surface area (Å²) in [4.78, 5) is 0. The third kappa shape index (κ3) is 38.2. The van der Waals surface area contributed by atoms with Gasteiger partial charge in [-0.2, -0.15) is 0 Å². The number of unbranched alkanes of at least 4 members (excludes halogenated alkanes) is 24. The quantitative estimate of drug-likeness (QED) is 0.0304. The third-order valence-electron chi connectivity index (χ3n) is 8.92. The van der Waals surface area contributed by atoms with Crippen LogP contribution in [0.25, 0.3) is 0 Å². The van der Waals surface area contributed by atoms with Crippen molar-refractivity contribution in [3.63, 3.8) is 0 Å². The van der Waals surface area contributed by atoms with Gasteiger partial charge in [0.15, 0.2) is 0 Å². The number of nitrogens with one attached hydrogen (secondary N) is 1. The van der Waals surface area contributed by atoms with Crippen LogP contribution in [0.3, 0.4) is 0 Å². The molecular formula is C41H84N2O3P+. The molecule has 280 valence electrons. The standard InChI is InChI=1S/C41H84N2O3P/c1-6-8-10-12-14-16-18-20-22-24-26-28-30-32-34-36-40-45-47(44,42-38-39-43(3,4)5)46-41-37-35-33-31-29-27-25-23-21-19-17-15-13-11-9-7-2/h20-23H,6-19,24-41H2,1-5H3,(H,42,44)/q+1. The predicted molar refractivity (Wildman–Crippen MR) is 209 cm³/mol. The van der Waals surface area contributed by atoms with Gasteiger partial charge in [0, 0.05) is 0 Å². The molecule has 5 nitrogen and oxygen atoms in total. The molecule has 0 radical (unpaired) electrons. The first-order valence-corrected chi connectivity index (χ1v) is 22.1. The van der Waals surface area contributed by atoms with Crippen LogP contribution >= 0.6 is 7.75 Å². The number of allylic oxidation sites excluding steroid dienone is 4. The van der Waals surface area contributed by atoms with E-state index in [1.165, 1.54) is 154 Å². The first-order chi connectivity index (χ1) is 22.8. The zero-order valence-corrected chi connectivity index (χ0v) is 33.5. The lowest BCUT2D eigenvalue weighted by atomic mass is 10.1. The van der Waals surface area contributed by atoms with E-state index in [9.17, 15) is 4.57 Å². The van der Waals surface area contributed by atoms with Crippen LogP contribution in [-0.4, -0.2) is 51.9 Å². The molecule has 0 spiro atoms. The second-order valence-electron chi connectivity index (χ2n) is 15.0. The van der Waals surface area contributed by atoms with Crippen molar-refractivity contribution in [1.29, 1.82) is 0 Å². The number of nitrogens with zero attached hydrogens (tertiary/aromatic N) is 1. The summed E-state index contributed by atoms with van der Waals surface area (Å²) in [7, 11) is 3.18. The van der Waals surface area contributed by atoms with Crippen molar-refractivity contribution < 1.29 is 18.1 Å². The summed E-state index contributed by atoms with van der Waals surface area (Å²) in [6.07, 6.45) is 45.4. The Morgan fingerprint density at radius 1 is 0.468 bits per heavy atom. The monoisotopic (exact) mass is 684 g/mol. The molecule has 0 bridgehead atoms. The molecule has 1 N–H and O–H groups in total. The number of quaternary nitrogens is 1. The molecule has 0 fully saturated rings. The highest BCUT2D eigenvalue weighted by Crippen LogP contribution is 2.44. The molecule has 0 aliphatic rings. The fraction of sp³-hybridized carbons (Fsp3) is 0.902. The van der Waals surface area contributed by atoms with Crippen LogP contribution in [0.4, 0.5) is 0 Å². The molecule has 0 aliphatic heterocycles. The fourth-order valence-corrected chi connectivity index (χ4v) is 7.09. The van der Waals surface area contributed by atoms with Gasteiger partial charge in [0.05, 0.1) is 47.4 Å². The summed E-state index contributed by atoms with van der Waals surface area (Å²) in [5, 5.41) is 3.14. The van der Waals surface area contributed by atoms with Crippen LogP contribution in [0.2, 0.25) is 0 Å². The van der Waals surface area contributed by atoms with Gasteiger partial charge in [0.2, 0.25) is 0 Å². The van der Waals surface area contributed by atoms with Crippen molar-refractivity contribution in [2.45, 2.75) is 194 Å². The normalized spacial score (nSPS) is 13.7. The van der Waals surface area contributed by atoms with E-state index in [-0.39, 0.29) is 0 Å². The Labute approximate surface area is 295 Å². The maximum Gasteiger partial charge on any atom is 0.405 e. The molecule has 0 aromatic rings. The molecule has 0 saturated heterocycles. The lowest BCUT2D eigenvalue weighted by Crippen LogP contribution is -2.40. The average molecular weight is 684 g/mol. The van der Waals surface area contributed by atoms with Gasteiger partial charge in [-0.3, -0.25) is 9.05 Å². The average Bonchev–Trinajstić information content (AvgIpc) is 3.03. The zero-order chi connectivity index (χ0) is 34.6. The SMILES string of the molecule is CCCCCCCCC=CCCCCCCCCOP(=O)(NCC[N+](C)(C)C)OCCCCCCCCC=CCCCCCCCC. The zero-order valence-electron chi connectivity index (χ0n) is 32.6. The second-order valence-corrected chi connectivity index (χ2v) is 16.8. The topological polar surface area (TPSA) is 47.6 Å². The largest absolute Gasteiger partial charge is 0.405 e. The minimum Gasteiger partial charge on any atom is -0.330 e. The van der Waals surface area contributed by atoms with E-state index >= 15 is 0 Å². The van der Waals surface area contributed by atoms with Crippen molar-refractivity contribution >= 4 is 7.75 Å². The maximum atomic E-state index is 13.4. The van der Waals surface area contributed by atoms with Gasteiger partial charge in [0.25, 0.3) is 0 Å². The van der Waals surface area contributed by atoms with Gasteiger partial charge in [-0.15, -0.1) is 0 Å². The van der Waals surface area contributed by atoms with Gasteiger partial charge in [-0.25, -0.2) is 9.65 Å². The van der Waals surface area contributed by atoms with Gasteiger partial charge in [0.1, 0.15) is 0 Å². The van der Waals surface area contributed by atoms with E-state index in [0.717, 1.165) is 36.7 Å². The summed E-state index contributed by atoms with van der Waals surface area (Å²) < 4.78 is 26.0. The highest BCUT2D eigenvalue weighted by atomic mass is 31.2. The number of rotatable bonds is 38. The lowest BCUT2D eigenvalue weighted by molar-refractivity contribution is -0.869. The van der Waals surface area contributed by atoms with E-state index < -0.39 is 7.75 Å². The Hall–Kier alpha value is -0.450. The Bertz CT molecular complexity index is 687. The second kappa shape index (κ2) is 35.4. The Balaban J connectivity index is 3.91. The van der Waals surface area contributed by atoms with Gasteiger partial charge >= 0.3 is 7.75 Å². The van der Waals surface area contributed by atoms with E-state index in [2.05, 4.69) is 64.4 Å². The molecule has 0 aromatic heterocycles. The molecule has 6 heteroatoms. The maximum absolute atomic E-state index is 13.4. The minimum atomic E-state index is -3.26. The lowest BCUT2D eigenvalue weighted by Gasteiger charge is -2.25. The third-order valence-corrected chi connectivity index (χ3v) is 10.6. The van der Waals surface area contributed by atoms with Crippen molar-refractivity contribution in [1.82, 2.24) is 5.09 Å². The summed E-state index contributed by atoms with van der Waals surface area (Å²) in [5.74, 6) is 0. The van der Waals surface area contributed by atoms with Crippen molar-refractivity contribution in [3.8, 4) is 0 Å². The van der Waals surface area contributed by atoms with Gasteiger partial charge in [-0.05, 0) is 64.2 Å². The predicted octanol–water partition coefficient (Wildman–Crippen LogP) is 13.5. The van der Waals surface area contributed by atoms with E-state index in [0.29, 0.717) is 19.8 Å². The van der Waals surface area contributed by atoms with Crippen LogP contribution in [0, 0.1) is 0 Å². The van der Waals surface area contributed by atoms with Crippen LogP contribution in [0.1, 0.15) is 194 Å². The summed E-state index contributed by atoms with van der Waals surface area (Å²) in [6, 6.07) is 0. The smallest absolute Gasteiger partial charge is 0.330 e. The number of likely N-dealkylation sites (N-methyl/N-ethyl adjacent to an activating group) is 1. The molecule has 0 saturated carbocycles. The molecular weight excluding hydrogens is 599 g/mol. The number of hydrogen-bond acceptors (Lipinski definition) is 3. The first-order valence-electron chi connectivity index (χ1n) is 20.6. The Morgan fingerprint density at radius 2 is 0.766 bits per heavy atom. The molecule has 0 rings (SSSR count). The molecule has 0 aromatic carbocycles. The Kier molecular flexibility index (Phi) is 35.0. The van der Waals surface area contributed by atoms with Crippen LogP contribution in [-0.2, 0) is 13.6 Å². The van der Waals surface area contributed by atoms with E-state index in [1.807, 2.05) is 0 Å². The highest BCUT2D eigenvalue weighted by molar-refractivity contribution is 7.51. The van der Waals surface area contributed by atoms with Crippen molar-refractivity contribution in [2.24, 2.45) is 0 Å². The molecule has 47 heavy (non-hydrogen) atoms. The Morgan fingerprint density at radius 3 is 1.09 bits per heavy atom. The summed E-state index contributed by atoms with van der Waals surface area (Å²) in [5.41, 5.74) is 0. The highest BCUT2D eigenvalue weighted by Gasteiger charge is 2.25. The van der Waals surface area contributed by atoms with Crippen LogP contribution in [0.15, 0.2) is 24.3 Å². The number of hydrogen-bond donors (Lipinski definition) is 1. The summed E-state index contributed by atoms with van der Waals surface area (Å²) in [6.45, 7) is 7.07. The van der Waals surface area contributed by atoms with Crippen LogP contribution < -0.4 is 5.09 Å². The molecule has 0 heterocycles. The van der Waals surface area contributed by atoms with Crippen molar-refractivity contribution in [2.75, 3.05) is 47.4 Å². The summed E-state index contributed by atoms with van der Waals surface area (Å²) >= 11 is 0. The van der Waals surface area contributed by atoms with E-state index in [1.54, 1.807) is 0 Å². The molecule has 0 amide bonds. The van der Waals surface area contributed by atoms with E-state index in [4.69, 9.17) is 9.05 Å². The fourth-order valence-electron chi connectivity index (χ4n) is 5.72. The minimum absolute atomic E-state index is 0.503. The van der Waals surface area contributed by atoms with Gasteiger partial charge < -0.3 is 4.48 Å². The molecule has 0 unspecified atom stereocenters. The van der Waals surface area contributed by atoms with Crippen LogP contribution in [0.5, 0.6) is 0 Å².